The van der Waals surface area contributed by atoms with Gasteiger partial charge in [0.2, 0.25) is 10.0 Å². The lowest BCUT2D eigenvalue weighted by atomic mass is 10.2. The molecule has 6 nitrogen and oxygen atoms in total. The first-order chi connectivity index (χ1) is 9.44. The molecule has 0 aliphatic rings. The van der Waals surface area contributed by atoms with Crippen LogP contribution >= 0.6 is 0 Å². The summed E-state index contributed by atoms with van der Waals surface area (Å²) in [6.45, 7) is 2.30. The topological polar surface area (TPSA) is 76.0 Å². The summed E-state index contributed by atoms with van der Waals surface area (Å²) in [6.07, 6.45) is 3.59. The zero-order chi connectivity index (χ0) is 14.8. The van der Waals surface area contributed by atoms with Crippen LogP contribution in [0.3, 0.4) is 0 Å². The van der Waals surface area contributed by atoms with Gasteiger partial charge >= 0.3 is 0 Å². The van der Waals surface area contributed by atoms with Crippen molar-refractivity contribution in [2.75, 3.05) is 12.4 Å². The van der Waals surface area contributed by atoms with Crippen LogP contribution in [0.25, 0.3) is 0 Å². The summed E-state index contributed by atoms with van der Waals surface area (Å²) in [5, 5.41) is 3.18. The number of anilines is 1. The second kappa shape index (κ2) is 5.64. The van der Waals surface area contributed by atoms with Crippen molar-refractivity contribution in [2.45, 2.75) is 18.4 Å². The van der Waals surface area contributed by atoms with Crippen LogP contribution in [0.2, 0.25) is 0 Å². The maximum atomic E-state index is 11.9. The fourth-order valence-electron chi connectivity index (χ4n) is 1.86. The number of hydrogen-bond donors (Lipinski definition) is 2. The third kappa shape index (κ3) is 3.00. The molecule has 0 spiro atoms. The number of nitrogens with zero attached hydrogens (tertiary/aromatic N) is 2. The van der Waals surface area contributed by atoms with E-state index in [2.05, 4.69) is 15.0 Å². The van der Waals surface area contributed by atoms with Crippen LogP contribution in [-0.2, 0) is 23.6 Å². The van der Waals surface area contributed by atoms with E-state index in [0.29, 0.717) is 12.1 Å². The Morgan fingerprint density at radius 2 is 2.10 bits per heavy atom. The summed E-state index contributed by atoms with van der Waals surface area (Å²) in [7, 11) is -0.124. The van der Waals surface area contributed by atoms with Crippen LogP contribution in [0.5, 0.6) is 0 Å². The molecule has 0 aliphatic heterocycles. The minimum absolute atomic E-state index is 0.282. The highest BCUT2D eigenvalue weighted by Crippen LogP contribution is 2.20. The van der Waals surface area contributed by atoms with Crippen molar-refractivity contribution < 1.29 is 8.42 Å². The average molecular weight is 294 g/mol. The van der Waals surface area contributed by atoms with Gasteiger partial charge in [-0.2, -0.15) is 0 Å². The number of aromatic nitrogens is 2. The summed E-state index contributed by atoms with van der Waals surface area (Å²) in [5.41, 5.74) is 1.45. The van der Waals surface area contributed by atoms with Gasteiger partial charge in [0.15, 0.2) is 0 Å². The van der Waals surface area contributed by atoms with Crippen LogP contribution in [-0.4, -0.2) is 25.0 Å². The van der Waals surface area contributed by atoms with Gasteiger partial charge < -0.3 is 9.88 Å². The van der Waals surface area contributed by atoms with Crippen molar-refractivity contribution in [3.63, 3.8) is 0 Å². The van der Waals surface area contributed by atoms with Crippen molar-refractivity contribution in [3.05, 3.63) is 42.0 Å². The molecule has 0 unspecified atom stereocenters. The zero-order valence-corrected chi connectivity index (χ0v) is 12.5. The SMILES string of the molecule is CNS(=O)(=O)c1cc(NCc2nccn2C)ccc1C. The number of hydrogen-bond acceptors (Lipinski definition) is 4. The van der Waals surface area contributed by atoms with Gasteiger partial charge in [0.1, 0.15) is 5.82 Å². The molecule has 108 valence electrons. The second-order valence-corrected chi connectivity index (χ2v) is 6.35. The van der Waals surface area contributed by atoms with Gasteiger partial charge in [-0.05, 0) is 31.7 Å². The molecule has 2 N–H and O–H groups in total. The fraction of sp³-hybridized carbons (Fsp3) is 0.308. The van der Waals surface area contributed by atoms with Gasteiger partial charge in [0.25, 0.3) is 0 Å². The number of benzene rings is 1. The lowest BCUT2D eigenvalue weighted by Crippen LogP contribution is -2.19. The van der Waals surface area contributed by atoms with Crippen molar-refractivity contribution in [1.29, 1.82) is 0 Å². The molecular weight excluding hydrogens is 276 g/mol. The first kappa shape index (κ1) is 14.5. The van der Waals surface area contributed by atoms with Gasteiger partial charge in [-0.25, -0.2) is 18.1 Å². The second-order valence-electron chi connectivity index (χ2n) is 4.50. The predicted octanol–water partition coefficient (Wildman–Crippen LogP) is 1.25. The zero-order valence-electron chi connectivity index (χ0n) is 11.7. The first-order valence-electron chi connectivity index (χ1n) is 6.18. The maximum Gasteiger partial charge on any atom is 0.240 e. The highest BCUT2D eigenvalue weighted by molar-refractivity contribution is 7.89. The molecule has 0 saturated heterocycles. The Kier molecular flexibility index (Phi) is 4.10. The number of rotatable bonds is 5. The molecule has 1 heterocycles. The monoisotopic (exact) mass is 294 g/mol. The van der Waals surface area contributed by atoms with E-state index in [-0.39, 0.29) is 4.90 Å². The number of imidazole rings is 1. The third-order valence-corrected chi connectivity index (χ3v) is 4.67. The molecule has 1 aromatic heterocycles. The Hall–Kier alpha value is -1.86. The normalized spacial score (nSPS) is 11.6. The highest BCUT2D eigenvalue weighted by atomic mass is 32.2. The summed E-state index contributed by atoms with van der Waals surface area (Å²) in [6, 6.07) is 5.27. The summed E-state index contributed by atoms with van der Waals surface area (Å²) in [4.78, 5) is 4.49. The smallest absolute Gasteiger partial charge is 0.240 e. The van der Waals surface area contributed by atoms with Crippen molar-refractivity contribution >= 4 is 15.7 Å². The van der Waals surface area contributed by atoms with Crippen molar-refractivity contribution in [3.8, 4) is 0 Å². The first-order valence-corrected chi connectivity index (χ1v) is 7.66. The number of aryl methyl sites for hydroxylation is 2. The summed E-state index contributed by atoms with van der Waals surface area (Å²) >= 11 is 0. The standard InChI is InChI=1S/C13H18N4O2S/c1-10-4-5-11(8-12(10)20(18,19)14-2)16-9-13-15-6-7-17(13)3/h4-8,14,16H,9H2,1-3H3. The van der Waals surface area contributed by atoms with Crippen molar-refractivity contribution in [1.82, 2.24) is 14.3 Å². The largest absolute Gasteiger partial charge is 0.378 e. The van der Waals surface area contributed by atoms with Crippen LogP contribution in [0.15, 0.2) is 35.5 Å². The highest BCUT2D eigenvalue weighted by Gasteiger charge is 2.15. The quantitative estimate of drug-likeness (QED) is 0.870. The van der Waals surface area contributed by atoms with Crippen LogP contribution in [0.4, 0.5) is 5.69 Å². The summed E-state index contributed by atoms with van der Waals surface area (Å²) < 4.78 is 28.1. The Morgan fingerprint density at radius 1 is 1.35 bits per heavy atom. The minimum atomic E-state index is -3.44. The Balaban J connectivity index is 2.22. The molecule has 0 radical (unpaired) electrons. The van der Waals surface area contributed by atoms with Gasteiger partial charge in [0, 0.05) is 25.1 Å². The van der Waals surface area contributed by atoms with Gasteiger partial charge in [-0.3, -0.25) is 0 Å². The molecule has 2 aromatic rings. The summed E-state index contributed by atoms with van der Waals surface area (Å²) in [5.74, 6) is 0.878. The van der Waals surface area contributed by atoms with Crippen LogP contribution in [0, 0.1) is 6.92 Å². The molecule has 0 fully saturated rings. The van der Waals surface area contributed by atoms with Crippen molar-refractivity contribution in [2.24, 2.45) is 7.05 Å². The van der Waals surface area contributed by atoms with Gasteiger partial charge in [-0.15, -0.1) is 0 Å². The van der Waals surface area contributed by atoms with Gasteiger partial charge in [0.05, 0.1) is 11.4 Å². The van der Waals surface area contributed by atoms with E-state index < -0.39 is 10.0 Å². The van der Waals surface area contributed by atoms with E-state index in [0.717, 1.165) is 11.5 Å². The molecular formula is C13H18N4O2S. The van der Waals surface area contributed by atoms with E-state index >= 15 is 0 Å². The van der Waals surface area contributed by atoms with Crippen LogP contribution in [0.1, 0.15) is 11.4 Å². The fourth-order valence-corrected chi connectivity index (χ4v) is 2.85. The third-order valence-electron chi connectivity index (χ3n) is 3.12. The van der Waals surface area contributed by atoms with Gasteiger partial charge in [-0.1, -0.05) is 6.07 Å². The number of sulfonamides is 1. The molecule has 1 aromatic carbocycles. The number of nitrogens with one attached hydrogen (secondary N) is 2. The lowest BCUT2D eigenvalue weighted by Gasteiger charge is -2.11. The minimum Gasteiger partial charge on any atom is -0.378 e. The Labute approximate surface area is 118 Å². The average Bonchev–Trinajstić information content (AvgIpc) is 2.83. The molecule has 0 bridgehead atoms. The Morgan fingerprint density at radius 3 is 2.70 bits per heavy atom. The van der Waals surface area contributed by atoms with E-state index in [1.807, 2.05) is 23.9 Å². The molecule has 0 atom stereocenters. The Bertz CT molecular complexity index is 707. The van der Waals surface area contributed by atoms with Crippen LogP contribution < -0.4 is 10.0 Å². The molecule has 2 rings (SSSR count). The van der Waals surface area contributed by atoms with E-state index in [9.17, 15) is 8.42 Å². The molecule has 0 saturated carbocycles. The molecule has 7 heteroatoms. The maximum absolute atomic E-state index is 11.9. The predicted molar refractivity (Wildman–Crippen MR) is 78.0 cm³/mol. The molecule has 0 amide bonds. The van der Waals surface area contributed by atoms with E-state index in [1.165, 1.54) is 7.05 Å². The van der Waals surface area contributed by atoms with E-state index in [4.69, 9.17) is 0 Å². The lowest BCUT2D eigenvalue weighted by molar-refractivity contribution is 0.587. The molecule has 0 aliphatic carbocycles. The molecule has 20 heavy (non-hydrogen) atoms. The van der Waals surface area contributed by atoms with E-state index in [1.54, 1.807) is 25.3 Å².